The van der Waals surface area contributed by atoms with Crippen LogP contribution in [0.1, 0.15) is 115 Å². The summed E-state index contributed by atoms with van der Waals surface area (Å²) >= 11 is 0. The molecule has 0 aliphatic carbocycles. The van der Waals surface area contributed by atoms with Crippen LogP contribution in [0.15, 0.2) is 0 Å². The lowest BCUT2D eigenvalue weighted by atomic mass is 9.73. The minimum Gasteiger partial charge on any atom is -0.459 e. The molecule has 3 fully saturated rings. The van der Waals surface area contributed by atoms with Crippen molar-refractivity contribution in [2.45, 2.75) is 205 Å². The summed E-state index contributed by atoms with van der Waals surface area (Å²) in [6, 6.07) is -0.200. The van der Waals surface area contributed by atoms with Crippen LogP contribution in [-0.4, -0.2) is 167 Å². The van der Waals surface area contributed by atoms with Gasteiger partial charge in [-0.1, -0.05) is 27.7 Å². The lowest BCUT2D eigenvalue weighted by Gasteiger charge is -2.49. The van der Waals surface area contributed by atoms with E-state index in [-0.39, 0.29) is 49.6 Å². The fraction of sp³-hybridized carbons (Fsp3) is 0.953. The fourth-order valence-corrected chi connectivity index (χ4v) is 9.52. The van der Waals surface area contributed by atoms with Gasteiger partial charge in [0.05, 0.1) is 53.7 Å². The molecule has 4 N–H and O–H groups in total. The molecule has 3 heterocycles. The van der Waals surface area contributed by atoms with Gasteiger partial charge in [-0.25, -0.2) is 0 Å². The van der Waals surface area contributed by atoms with Gasteiger partial charge in [-0.2, -0.15) is 0 Å². The number of carbonyl (C=O) groups is 2. The number of likely N-dealkylation sites (N-methyl/N-ethyl adjacent to an activating group) is 2. The number of methoxy groups -OCH3 is 1. The van der Waals surface area contributed by atoms with Crippen molar-refractivity contribution < 1.29 is 63.2 Å². The Morgan fingerprint density at radius 1 is 0.897 bits per heavy atom. The van der Waals surface area contributed by atoms with Gasteiger partial charge in [-0.15, -0.1) is 0 Å². The molecule has 15 nitrogen and oxygen atoms in total. The van der Waals surface area contributed by atoms with Crippen LogP contribution in [0.5, 0.6) is 0 Å². The van der Waals surface area contributed by atoms with Crippen molar-refractivity contribution in [1.29, 1.82) is 0 Å². The standard InChI is InChI=1S/C43H80N2O13/c1-17-31-43(12,51)37(48)27(7)35(53-22-32(46)44(13)14)24(4)19-42(11,50)38(58-40-34(47)30(18-25(5)55-40)45(15)23(2)3)28(8)36(29(9)39(49)56-31)57-33-21-41(10,52-16)20-26(6)54-33/h23-31,33-38,40,47-48,50-51H,17-22H2,1-16H3/t24-,25-,26+,27+,28+,29-,30+,31-,33+,34-,35+,36+,37-,38-,40+,41+,42-,43-/m1/s1. The van der Waals surface area contributed by atoms with Gasteiger partial charge in [0, 0.05) is 58.0 Å². The predicted molar refractivity (Wildman–Crippen MR) is 218 cm³/mol. The minimum atomic E-state index is -1.94. The highest BCUT2D eigenvalue weighted by atomic mass is 16.7. The van der Waals surface area contributed by atoms with E-state index in [0.29, 0.717) is 19.3 Å². The molecule has 340 valence electrons. The molecule has 0 aromatic heterocycles. The number of aliphatic hydroxyl groups excluding tert-OH is 2. The Morgan fingerprint density at radius 2 is 1.52 bits per heavy atom. The van der Waals surface area contributed by atoms with Gasteiger partial charge in [0.15, 0.2) is 12.6 Å². The molecule has 1 amide bonds. The van der Waals surface area contributed by atoms with Gasteiger partial charge in [0.1, 0.15) is 24.4 Å². The molecule has 0 aromatic carbocycles. The summed E-state index contributed by atoms with van der Waals surface area (Å²) in [7, 11) is 6.81. The molecule has 58 heavy (non-hydrogen) atoms. The first-order chi connectivity index (χ1) is 26.7. The molecule has 0 bridgehead atoms. The zero-order valence-electron chi connectivity index (χ0n) is 38.3. The van der Waals surface area contributed by atoms with Crippen LogP contribution in [0.3, 0.4) is 0 Å². The summed E-state index contributed by atoms with van der Waals surface area (Å²) in [5.41, 5.74) is -4.25. The van der Waals surface area contributed by atoms with Crippen LogP contribution in [0.2, 0.25) is 0 Å². The van der Waals surface area contributed by atoms with E-state index in [1.807, 2.05) is 55.5 Å². The maximum atomic E-state index is 14.4. The summed E-state index contributed by atoms with van der Waals surface area (Å²) in [6.07, 6.45) is -7.56. The summed E-state index contributed by atoms with van der Waals surface area (Å²) in [6.45, 7) is 21.5. The van der Waals surface area contributed by atoms with Gasteiger partial charge in [-0.3, -0.25) is 14.5 Å². The molecular formula is C43H80N2O13. The Bertz CT molecular complexity index is 1320. The summed E-state index contributed by atoms with van der Waals surface area (Å²) in [5.74, 6) is -4.15. The van der Waals surface area contributed by atoms with Crippen molar-refractivity contribution >= 4 is 11.9 Å². The highest BCUT2D eigenvalue weighted by Gasteiger charge is 2.53. The van der Waals surface area contributed by atoms with E-state index < -0.39 is 95.6 Å². The largest absolute Gasteiger partial charge is 0.459 e. The average Bonchev–Trinajstić information content (AvgIpc) is 3.13. The number of aliphatic hydroxyl groups is 4. The molecule has 3 aliphatic rings. The number of ether oxygens (including phenoxy) is 7. The van der Waals surface area contributed by atoms with Gasteiger partial charge >= 0.3 is 5.97 Å². The zero-order chi connectivity index (χ0) is 44.2. The van der Waals surface area contributed by atoms with Gasteiger partial charge in [0.25, 0.3) is 0 Å². The van der Waals surface area contributed by atoms with E-state index in [2.05, 4.69) is 4.90 Å². The van der Waals surface area contributed by atoms with Crippen molar-refractivity contribution in [1.82, 2.24) is 9.80 Å². The van der Waals surface area contributed by atoms with Crippen molar-refractivity contribution in [3.05, 3.63) is 0 Å². The maximum Gasteiger partial charge on any atom is 0.311 e. The quantitative estimate of drug-likeness (QED) is 0.222. The van der Waals surface area contributed by atoms with E-state index in [0.717, 1.165) is 0 Å². The molecule has 3 aliphatic heterocycles. The summed E-state index contributed by atoms with van der Waals surface area (Å²) < 4.78 is 44.5. The number of esters is 1. The number of rotatable bonds is 11. The molecule has 0 radical (unpaired) electrons. The number of carbonyl (C=O) groups excluding carboxylic acids is 2. The van der Waals surface area contributed by atoms with Crippen molar-refractivity contribution in [3.63, 3.8) is 0 Å². The van der Waals surface area contributed by atoms with Gasteiger partial charge < -0.3 is 58.5 Å². The van der Waals surface area contributed by atoms with Gasteiger partial charge in [-0.05, 0) is 87.6 Å². The van der Waals surface area contributed by atoms with Crippen molar-refractivity contribution in [2.24, 2.45) is 23.7 Å². The third-order valence-electron chi connectivity index (χ3n) is 13.3. The maximum absolute atomic E-state index is 14.4. The number of nitrogens with zero attached hydrogens (tertiary/aromatic N) is 2. The van der Waals surface area contributed by atoms with E-state index in [1.54, 1.807) is 48.9 Å². The van der Waals surface area contributed by atoms with Crippen LogP contribution in [0, 0.1) is 23.7 Å². The van der Waals surface area contributed by atoms with Crippen molar-refractivity contribution in [3.8, 4) is 0 Å². The molecule has 3 rings (SSSR count). The second-order valence-electron chi connectivity index (χ2n) is 19.1. The van der Waals surface area contributed by atoms with Crippen LogP contribution >= 0.6 is 0 Å². The average molecular weight is 833 g/mol. The Kier molecular flexibility index (Phi) is 18.0. The number of amides is 1. The zero-order valence-corrected chi connectivity index (χ0v) is 38.3. The van der Waals surface area contributed by atoms with Crippen molar-refractivity contribution in [2.75, 3.05) is 34.9 Å². The Labute approximate surface area is 348 Å². The molecule has 15 heteroatoms. The Morgan fingerprint density at radius 3 is 2.07 bits per heavy atom. The molecule has 3 saturated heterocycles. The molecule has 18 atom stereocenters. The molecule has 0 saturated carbocycles. The first-order valence-corrected chi connectivity index (χ1v) is 21.4. The molecular weight excluding hydrogens is 752 g/mol. The van der Waals surface area contributed by atoms with E-state index in [4.69, 9.17) is 33.2 Å². The highest BCUT2D eigenvalue weighted by Crippen LogP contribution is 2.42. The number of hydrogen-bond donors (Lipinski definition) is 4. The van der Waals surface area contributed by atoms with Crippen LogP contribution in [-0.2, 0) is 42.7 Å². The normalized spacial score (nSPS) is 45.1. The Hall–Kier alpha value is -1.50. The molecule has 0 aromatic rings. The van der Waals surface area contributed by atoms with Crippen LogP contribution < -0.4 is 0 Å². The SMILES string of the molecule is CC[C@H]1OC(=O)[C@H](C)[C@@H](O[C@H]2C[C@@](C)(OC)C[C@H](C)O2)[C@H](C)[C@@H](O[C@@H]2O[C@H](C)C[C@H](N(C)C(C)C)[C@H]2O)[C@](C)(O)C[C@@H](C)[C@H](OCC(=O)N(C)C)[C@H](C)[C@@H](O)[C@]1(C)O. The first kappa shape index (κ1) is 50.9. The summed E-state index contributed by atoms with van der Waals surface area (Å²) in [4.78, 5) is 30.7. The summed E-state index contributed by atoms with van der Waals surface area (Å²) in [5, 5.41) is 48.6. The minimum absolute atomic E-state index is 0.0111. The highest BCUT2D eigenvalue weighted by molar-refractivity contribution is 5.76. The monoisotopic (exact) mass is 833 g/mol. The fourth-order valence-electron chi connectivity index (χ4n) is 9.52. The van der Waals surface area contributed by atoms with Crippen LogP contribution in [0.25, 0.3) is 0 Å². The second kappa shape index (κ2) is 20.6. The van der Waals surface area contributed by atoms with Crippen LogP contribution in [0.4, 0.5) is 0 Å². The smallest absolute Gasteiger partial charge is 0.311 e. The van der Waals surface area contributed by atoms with Gasteiger partial charge in [0.2, 0.25) is 5.91 Å². The first-order valence-electron chi connectivity index (χ1n) is 21.4. The second-order valence-corrected chi connectivity index (χ2v) is 19.1. The predicted octanol–water partition coefficient (Wildman–Crippen LogP) is 3.50. The molecule has 0 spiro atoms. The lowest BCUT2D eigenvalue weighted by Crippen LogP contribution is -2.61. The van der Waals surface area contributed by atoms with E-state index in [9.17, 15) is 30.0 Å². The lowest BCUT2D eigenvalue weighted by molar-refractivity contribution is -0.312. The number of hydrogen-bond acceptors (Lipinski definition) is 14. The third-order valence-corrected chi connectivity index (χ3v) is 13.3. The molecule has 0 unspecified atom stereocenters. The topological polar surface area (TPSA) is 186 Å². The van der Waals surface area contributed by atoms with E-state index in [1.165, 1.54) is 11.8 Å². The van der Waals surface area contributed by atoms with E-state index >= 15 is 0 Å². The Balaban J connectivity index is 2.24. The third kappa shape index (κ3) is 12.1. The number of cyclic esters (lactones) is 1.